The van der Waals surface area contributed by atoms with Crippen LogP contribution in [0.25, 0.3) is 0 Å². The van der Waals surface area contributed by atoms with Crippen LogP contribution in [-0.2, 0) is 0 Å². The van der Waals surface area contributed by atoms with Crippen LogP contribution in [0.1, 0.15) is 102 Å². The van der Waals surface area contributed by atoms with Crippen LogP contribution in [0.15, 0.2) is 9.98 Å². The Balaban J connectivity index is 2.86. The smallest absolute Gasteiger partial charge is 0.248 e. The van der Waals surface area contributed by atoms with E-state index in [4.69, 9.17) is 15.4 Å². The van der Waals surface area contributed by atoms with Gasteiger partial charge in [0.15, 0.2) is 0 Å². The molecule has 7 heteroatoms. The SMILES string of the molecule is Cc1c(C)n(C(C)C)c(=NC(=N)N=c2n(C(C)C)c(C)c(C)n2C(C)C)n1C(C)C. The van der Waals surface area contributed by atoms with Crippen LogP contribution in [0.4, 0.5) is 0 Å². The van der Waals surface area contributed by atoms with Crippen molar-refractivity contribution in [3.8, 4) is 0 Å². The van der Waals surface area contributed by atoms with Crippen LogP contribution in [0, 0.1) is 33.1 Å². The number of nitrogens with one attached hydrogen (secondary N) is 1. The van der Waals surface area contributed by atoms with Gasteiger partial charge >= 0.3 is 0 Å². The Labute approximate surface area is 181 Å². The summed E-state index contributed by atoms with van der Waals surface area (Å²) in [6.07, 6.45) is 0. The molecule has 0 saturated carbocycles. The third kappa shape index (κ3) is 4.12. The van der Waals surface area contributed by atoms with Gasteiger partial charge in [0.1, 0.15) is 0 Å². The van der Waals surface area contributed by atoms with Gasteiger partial charge in [-0.25, -0.2) is 0 Å². The summed E-state index contributed by atoms with van der Waals surface area (Å²) in [7, 11) is 0. The van der Waals surface area contributed by atoms with E-state index in [0.29, 0.717) is 0 Å². The van der Waals surface area contributed by atoms with E-state index >= 15 is 0 Å². The molecule has 0 saturated heterocycles. The lowest BCUT2D eigenvalue weighted by Crippen LogP contribution is -2.32. The van der Waals surface area contributed by atoms with Crippen LogP contribution in [0.5, 0.6) is 0 Å². The van der Waals surface area contributed by atoms with E-state index in [1.807, 2.05) is 0 Å². The molecule has 30 heavy (non-hydrogen) atoms. The van der Waals surface area contributed by atoms with Crippen molar-refractivity contribution >= 4 is 5.96 Å². The minimum Gasteiger partial charge on any atom is -0.312 e. The summed E-state index contributed by atoms with van der Waals surface area (Å²) in [4.78, 5) is 9.47. The number of guanidine groups is 1. The van der Waals surface area contributed by atoms with Crippen LogP contribution in [0.3, 0.4) is 0 Å². The zero-order valence-corrected chi connectivity index (χ0v) is 21.0. The van der Waals surface area contributed by atoms with Gasteiger partial charge in [0.25, 0.3) is 0 Å². The lowest BCUT2D eigenvalue weighted by Gasteiger charge is -2.13. The fourth-order valence-electron chi connectivity index (χ4n) is 4.43. The monoisotopic (exact) mass is 415 g/mol. The quantitative estimate of drug-likeness (QED) is 0.546. The zero-order chi connectivity index (χ0) is 23.1. The van der Waals surface area contributed by atoms with Crippen LogP contribution in [0.2, 0.25) is 0 Å². The summed E-state index contributed by atoms with van der Waals surface area (Å²) in [5, 5.41) is 8.69. The number of rotatable bonds is 4. The van der Waals surface area contributed by atoms with E-state index in [0.717, 1.165) is 11.2 Å². The molecule has 0 bridgehead atoms. The molecule has 0 aromatic carbocycles. The number of imidazole rings is 2. The van der Waals surface area contributed by atoms with E-state index in [9.17, 15) is 0 Å². The third-order valence-corrected chi connectivity index (χ3v) is 5.83. The second-order valence-corrected chi connectivity index (χ2v) is 9.34. The first-order valence-corrected chi connectivity index (χ1v) is 11.1. The average molecular weight is 416 g/mol. The predicted molar refractivity (Wildman–Crippen MR) is 124 cm³/mol. The van der Waals surface area contributed by atoms with Gasteiger partial charge in [-0.2, -0.15) is 9.98 Å². The third-order valence-electron chi connectivity index (χ3n) is 5.83. The highest BCUT2D eigenvalue weighted by Gasteiger charge is 2.19. The number of nitrogens with zero attached hydrogens (tertiary/aromatic N) is 6. The van der Waals surface area contributed by atoms with E-state index in [1.54, 1.807) is 0 Å². The Morgan fingerprint density at radius 3 is 0.900 bits per heavy atom. The predicted octanol–water partition coefficient (Wildman–Crippen LogP) is 4.89. The standard InChI is InChI=1S/C23H41N7/c1-13(2)27-17(9)18(10)28(14(3)4)22(27)25-21(24)26-23-29(15(5)6)19(11)20(12)30(23)16(7)8/h13-16,24H,1-12H3. The molecule has 2 aromatic heterocycles. The summed E-state index contributed by atoms with van der Waals surface area (Å²) < 4.78 is 8.81. The van der Waals surface area contributed by atoms with Crippen molar-refractivity contribution in [1.82, 2.24) is 18.3 Å². The number of hydrogen-bond acceptors (Lipinski definition) is 1. The molecule has 2 heterocycles. The normalized spacial score (nSPS) is 12.0. The van der Waals surface area contributed by atoms with Gasteiger partial charge in [-0.1, -0.05) is 0 Å². The Bertz CT molecular complexity index is 909. The fraction of sp³-hybridized carbons (Fsp3) is 0.696. The summed E-state index contributed by atoms with van der Waals surface area (Å²) in [5.74, 6) is 0.0256. The van der Waals surface area contributed by atoms with E-state index < -0.39 is 0 Å². The molecule has 7 nitrogen and oxygen atoms in total. The summed E-state index contributed by atoms with van der Waals surface area (Å²) in [6.45, 7) is 25.7. The molecule has 0 aliphatic carbocycles. The molecule has 0 fully saturated rings. The fourth-order valence-corrected chi connectivity index (χ4v) is 4.43. The lowest BCUT2D eigenvalue weighted by molar-refractivity contribution is 0.500. The van der Waals surface area contributed by atoms with E-state index in [-0.39, 0.29) is 30.1 Å². The maximum absolute atomic E-state index is 8.69. The maximum atomic E-state index is 8.69. The summed E-state index contributed by atoms with van der Waals surface area (Å²) >= 11 is 0. The zero-order valence-electron chi connectivity index (χ0n) is 21.0. The molecule has 0 amide bonds. The second-order valence-electron chi connectivity index (χ2n) is 9.34. The Hall–Kier alpha value is -2.31. The minimum absolute atomic E-state index is 0.0256. The van der Waals surface area contributed by atoms with Crippen molar-refractivity contribution in [3.63, 3.8) is 0 Å². The minimum atomic E-state index is 0.0256. The van der Waals surface area contributed by atoms with Gasteiger partial charge in [-0.15, -0.1) is 0 Å². The molecule has 1 N–H and O–H groups in total. The van der Waals surface area contributed by atoms with Crippen molar-refractivity contribution in [2.45, 2.75) is 107 Å². The molecule has 2 aromatic rings. The molecule has 0 atom stereocenters. The highest BCUT2D eigenvalue weighted by molar-refractivity contribution is 5.78. The van der Waals surface area contributed by atoms with Crippen molar-refractivity contribution < 1.29 is 0 Å². The Morgan fingerprint density at radius 2 is 0.733 bits per heavy atom. The molecule has 0 aliphatic heterocycles. The molecule has 0 radical (unpaired) electrons. The maximum Gasteiger partial charge on any atom is 0.248 e. The van der Waals surface area contributed by atoms with Crippen LogP contribution < -0.4 is 11.2 Å². The highest BCUT2D eigenvalue weighted by atomic mass is 15.3. The van der Waals surface area contributed by atoms with Crippen molar-refractivity contribution in [3.05, 3.63) is 34.0 Å². The van der Waals surface area contributed by atoms with Crippen molar-refractivity contribution in [2.24, 2.45) is 9.98 Å². The van der Waals surface area contributed by atoms with Gasteiger partial charge in [0, 0.05) is 46.9 Å². The van der Waals surface area contributed by atoms with Gasteiger partial charge in [0.2, 0.25) is 17.2 Å². The van der Waals surface area contributed by atoms with Gasteiger partial charge in [-0.3, -0.25) is 5.41 Å². The average Bonchev–Trinajstić information content (AvgIpc) is 2.98. The van der Waals surface area contributed by atoms with Crippen molar-refractivity contribution in [1.29, 1.82) is 5.41 Å². The molecular formula is C23H41N7. The Kier molecular flexibility index (Phi) is 7.05. The molecule has 0 spiro atoms. The molecule has 0 unspecified atom stereocenters. The summed E-state index contributed by atoms with van der Waals surface area (Å²) in [6, 6.07) is 0.999. The van der Waals surface area contributed by atoms with Crippen molar-refractivity contribution in [2.75, 3.05) is 0 Å². The first-order valence-electron chi connectivity index (χ1n) is 11.1. The first kappa shape index (κ1) is 24.0. The molecular weight excluding hydrogens is 374 g/mol. The molecule has 0 aliphatic rings. The largest absolute Gasteiger partial charge is 0.312 e. The topological polar surface area (TPSA) is 68.3 Å². The molecule has 2 rings (SSSR count). The summed E-state index contributed by atoms with van der Waals surface area (Å²) in [5.41, 5.74) is 6.30. The van der Waals surface area contributed by atoms with Crippen LogP contribution >= 0.6 is 0 Å². The first-order chi connectivity index (χ1) is 13.8. The highest BCUT2D eigenvalue weighted by Crippen LogP contribution is 2.16. The lowest BCUT2D eigenvalue weighted by atomic mass is 10.3. The van der Waals surface area contributed by atoms with Crippen LogP contribution in [-0.4, -0.2) is 24.2 Å². The number of hydrogen-bond donors (Lipinski definition) is 1. The van der Waals surface area contributed by atoms with Gasteiger partial charge < -0.3 is 18.3 Å². The van der Waals surface area contributed by atoms with Gasteiger partial charge in [0.05, 0.1) is 0 Å². The van der Waals surface area contributed by atoms with E-state index in [2.05, 4.69) is 101 Å². The van der Waals surface area contributed by atoms with E-state index in [1.165, 1.54) is 22.8 Å². The Morgan fingerprint density at radius 1 is 0.533 bits per heavy atom. The molecule has 168 valence electrons. The second kappa shape index (κ2) is 8.82. The number of aromatic nitrogens is 4. The van der Waals surface area contributed by atoms with Gasteiger partial charge in [-0.05, 0) is 83.1 Å².